The van der Waals surface area contributed by atoms with Crippen LogP contribution in [0.15, 0.2) is 12.4 Å². The first-order valence-electron chi connectivity index (χ1n) is 6.06. The summed E-state index contributed by atoms with van der Waals surface area (Å²) in [6.45, 7) is 5.61. The first-order chi connectivity index (χ1) is 7.31. The summed E-state index contributed by atoms with van der Waals surface area (Å²) < 4.78 is 2.39. The molecule has 1 fully saturated rings. The Balaban J connectivity index is 2.10. The molecule has 0 spiro atoms. The smallest absolute Gasteiger partial charge is 0.108 e. The van der Waals surface area contributed by atoms with Crippen molar-refractivity contribution in [2.75, 3.05) is 6.54 Å². The lowest BCUT2D eigenvalue weighted by molar-refractivity contribution is 0.307. The molecule has 0 amide bonds. The molecule has 1 aliphatic rings. The molecule has 1 aromatic rings. The van der Waals surface area contributed by atoms with Crippen LogP contribution in [0.25, 0.3) is 0 Å². The standard InChI is InChI=1S/C12H21N3/c1-3-4-12-14-7-8-15(12)11-5-6-13-10(2)9-11/h7-8,10-11,13H,3-6,9H2,1-2H3. The van der Waals surface area contributed by atoms with E-state index in [1.54, 1.807) is 0 Å². The zero-order chi connectivity index (χ0) is 10.7. The second-order valence-electron chi connectivity index (χ2n) is 4.53. The van der Waals surface area contributed by atoms with Gasteiger partial charge in [-0.25, -0.2) is 4.98 Å². The Hall–Kier alpha value is -0.830. The lowest BCUT2D eigenvalue weighted by Crippen LogP contribution is -2.37. The normalized spacial score (nSPS) is 26.8. The number of hydrogen-bond donors (Lipinski definition) is 1. The molecule has 1 aromatic heterocycles. The van der Waals surface area contributed by atoms with E-state index in [0.29, 0.717) is 12.1 Å². The molecule has 1 saturated heterocycles. The third-order valence-corrected chi connectivity index (χ3v) is 3.21. The van der Waals surface area contributed by atoms with Crippen molar-refractivity contribution in [3.63, 3.8) is 0 Å². The molecule has 2 atom stereocenters. The lowest BCUT2D eigenvalue weighted by atomic mass is 10.0. The van der Waals surface area contributed by atoms with Gasteiger partial charge in [0, 0.05) is 30.9 Å². The second kappa shape index (κ2) is 4.79. The molecule has 1 aliphatic heterocycles. The van der Waals surface area contributed by atoms with Gasteiger partial charge in [0.2, 0.25) is 0 Å². The van der Waals surface area contributed by atoms with Gasteiger partial charge in [-0.3, -0.25) is 0 Å². The number of aromatic nitrogens is 2. The van der Waals surface area contributed by atoms with Gasteiger partial charge in [-0.2, -0.15) is 0 Å². The van der Waals surface area contributed by atoms with Crippen LogP contribution in [0.4, 0.5) is 0 Å². The quantitative estimate of drug-likeness (QED) is 0.823. The highest BCUT2D eigenvalue weighted by Crippen LogP contribution is 2.23. The molecule has 84 valence electrons. The van der Waals surface area contributed by atoms with Gasteiger partial charge in [-0.15, -0.1) is 0 Å². The van der Waals surface area contributed by atoms with Crippen molar-refractivity contribution in [3.05, 3.63) is 18.2 Å². The van der Waals surface area contributed by atoms with Gasteiger partial charge >= 0.3 is 0 Å². The fraction of sp³-hybridized carbons (Fsp3) is 0.750. The average Bonchev–Trinajstić information content (AvgIpc) is 2.66. The molecule has 15 heavy (non-hydrogen) atoms. The zero-order valence-electron chi connectivity index (χ0n) is 9.74. The monoisotopic (exact) mass is 207 g/mol. The number of imidazole rings is 1. The summed E-state index contributed by atoms with van der Waals surface area (Å²) in [5, 5.41) is 3.49. The average molecular weight is 207 g/mol. The Morgan fingerprint density at radius 2 is 2.47 bits per heavy atom. The fourth-order valence-electron chi connectivity index (χ4n) is 2.45. The van der Waals surface area contributed by atoms with E-state index in [0.717, 1.165) is 13.0 Å². The van der Waals surface area contributed by atoms with E-state index in [2.05, 4.69) is 34.9 Å². The van der Waals surface area contributed by atoms with Gasteiger partial charge in [0.1, 0.15) is 5.82 Å². The zero-order valence-corrected chi connectivity index (χ0v) is 9.74. The highest BCUT2D eigenvalue weighted by Gasteiger charge is 2.20. The van der Waals surface area contributed by atoms with Crippen LogP contribution in [0.2, 0.25) is 0 Å². The van der Waals surface area contributed by atoms with Gasteiger partial charge in [0.25, 0.3) is 0 Å². The van der Waals surface area contributed by atoms with Crippen LogP contribution in [0.1, 0.15) is 45.0 Å². The third-order valence-electron chi connectivity index (χ3n) is 3.21. The minimum Gasteiger partial charge on any atom is -0.332 e. The summed E-state index contributed by atoms with van der Waals surface area (Å²) in [7, 11) is 0. The van der Waals surface area contributed by atoms with Crippen LogP contribution in [0, 0.1) is 0 Å². The molecule has 0 bridgehead atoms. The number of hydrogen-bond acceptors (Lipinski definition) is 2. The van der Waals surface area contributed by atoms with Crippen molar-refractivity contribution in [1.29, 1.82) is 0 Å². The van der Waals surface area contributed by atoms with Crippen LogP contribution >= 0.6 is 0 Å². The molecule has 0 aromatic carbocycles. The number of nitrogens with one attached hydrogen (secondary N) is 1. The van der Waals surface area contributed by atoms with Crippen molar-refractivity contribution in [2.24, 2.45) is 0 Å². The predicted octanol–water partition coefficient (Wildman–Crippen LogP) is 2.15. The molecule has 2 unspecified atom stereocenters. The topological polar surface area (TPSA) is 29.9 Å². The van der Waals surface area contributed by atoms with Crippen molar-refractivity contribution < 1.29 is 0 Å². The van der Waals surface area contributed by atoms with Gasteiger partial charge in [-0.05, 0) is 32.7 Å². The molecule has 2 rings (SSSR count). The summed E-state index contributed by atoms with van der Waals surface area (Å²) in [6, 6.07) is 1.30. The first kappa shape index (κ1) is 10.7. The third kappa shape index (κ3) is 2.40. The van der Waals surface area contributed by atoms with Gasteiger partial charge in [-0.1, -0.05) is 6.92 Å². The number of piperidine rings is 1. The molecular formula is C12H21N3. The Bertz CT molecular complexity index is 306. The van der Waals surface area contributed by atoms with Gasteiger partial charge in [0.05, 0.1) is 0 Å². The van der Waals surface area contributed by atoms with Crippen LogP contribution < -0.4 is 5.32 Å². The first-order valence-corrected chi connectivity index (χ1v) is 6.06. The minimum absolute atomic E-state index is 0.639. The van der Waals surface area contributed by atoms with Crippen LogP contribution in [0.3, 0.4) is 0 Å². The van der Waals surface area contributed by atoms with E-state index < -0.39 is 0 Å². The van der Waals surface area contributed by atoms with Gasteiger partial charge in [0.15, 0.2) is 0 Å². The maximum Gasteiger partial charge on any atom is 0.108 e. The summed E-state index contributed by atoms with van der Waals surface area (Å²) in [4.78, 5) is 4.45. The van der Waals surface area contributed by atoms with Gasteiger partial charge < -0.3 is 9.88 Å². The Labute approximate surface area is 91.9 Å². The highest BCUT2D eigenvalue weighted by atomic mass is 15.1. The number of nitrogens with zero attached hydrogens (tertiary/aromatic N) is 2. The Kier molecular flexibility index (Phi) is 3.41. The van der Waals surface area contributed by atoms with E-state index in [9.17, 15) is 0 Å². The predicted molar refractivity (Wildman–Crippen MR) is 62.0 cm³/mol. The molecule has 1 N–H and O–H groups in total. The van der Waals surface area contributed by atoms with Crippen molar-refractivity contribution in [3.8, 4) is 0 Å². The molecule has 2 heterocycles. The minimum atomic E-state index is 0.639. The fourth-order valence-corrected chi connectivity index (χ4v) is 2.45. The maximum atomic E-state index is 4.45. The van der Waals surface area contributed by atoms with Crippen molar-refractivity contribution >= 4 is 0 Å². The largest absolute Gasteiger partial charge is 0.332 e. The van der Waals surface area contributed by atoms with Crippen LogP contribution in [-0.4, -0.2) is 22.1 Å². The molecule has 0 aliphatic carbocycles. The molecule has 0 saturated carbocycles. The molecule has 3 heteroatoms. The Morgan fingerprint density at radius 3 is 3.20 bits per heavy atom. The van der Waals surface area contributed by atoms with E-state index >= 15 is 0 Å². The summed E-state index contributed by atoms with van der Waals surface area (Å²) >= 11 is 0. The van der Waals surface area contributed by atoms with E-state index in [1.807, 2.05) is 6.20 Å². The molecule has 3 nitrogen and oxygen atoms in total. The molecular weight excluding hydrogens is 186 g/mol. The Morgan fingerprint density at radius 1 is 1.60 bits per heavy atom. The van der Waals surface area contributed by atoms with Crippen LogP contribution in [0.5, 0.6) is 0 Å². The summed E-state index contributed by atoms with van der Waals surface area (Å²) in [5.74, 6) is 1.26. The van der Waals surface area contributed by atoms with Crippen molar-refractivity contribution in [2.45, 2.75) is 51.6 Å². The number of aryl methyl sites for hydroxylation is 1. The lowest BCUT2D eigenvalue weighted by Gasteiger charge is -2.30. The van der Waals surface area contributed by atoms with E-state index in [1.165, 1.54) is 25.1 Å². The van der Waals surface area contributed by atoms with Crippen LogP contribution in [-0.2, 0) is 6.42 Å². The highest BCUT2D eigenvalue weighted by molar-refractivity contribution is 4.97. The summed E-state index contributed by atoms with van der Waals surface area (Å²) in [6.07, 6.45) is 8.83. The SMILES string of the molecule is CCCc1nccn1C1CCNC(C)C1. The van der Waals surface area contributed by atoms with E-state index in [-0.39, 0.29) is 0 Å². The van der Waals surface area contributed by atoms with Crippen molar-refractivity contribution in [1.82, 2.24) is 14.9 Å². The molecule has 0 radical (unpaired) electrons. The maximum absolute atomic E-state index is 4.45. The number of rotatable bonds is 3. The van der Waals surface area contributed by atoms with E-state index in [4.69, 9.17) is 0 Å². The second-order valence-corrected chi connectivity index (χ2v) is 4.53. The summed E-state index contributed by atoms with van der Waals surface area (Å²) in [5.41, 5.74) is 0.